The molecule has 0 N–H and O–H groups in total. The summed E-state index contributed by atoms with van der Waals surface area (Å²) in [7, 11) is 1.46. The minimum absolute atomic E-state index is 0.127. The second-order valence-electron chi connectivity index (χ2n) is 5.23. The Kier molecular flexibility index (Phi) is 5.08. The molecule has 0 bridgehead atoms. The first-order chi connectivity index (χ1) is 12.1. The molecule has 0 atom stereocenters. The van der Waals surface area contributed by atoms with Gasteiger partial charge in [0.15, 0.2) is 11.5 Å². The third-order valence-electron chi connectivity index (χ3n) is 3.63. The van der Waals surface area contributed by atoms with Crippen molar-refractivity contribution in [2.45, 2.75) is 13.8 Å². The van der Waals surface area contributed by atoms with Crippen molar-refractivity contribution in [1.29, 1.82) is 0 Å². The van der Waals surface area contributed by atoms with E-state index < -0.39 is 5.97 Å². The number of hydrogen-bond acceptors (Lipinski definition) is 10. The van der Waals surface area contributed by atoms with Crippen LogP contribution in [-0.2, 0) is 9.47 Å². The maximum Gasteiger partial charge on any atom is 0.344 e. The molecule has 3 heterocycles. The average Bonchev–Trinajstić information content (AvgIpc) is 3.04. The van der Waals surface area contributed by atoms with Crippen molar-refractivity contribution in [3.05, 3.63) is 11.3 Å². The zero-order chi connectivity index (χ0) is 17.8. The number of carbonyl (C=O) groups excluding carboxylic acids is 1. The first kappa shape index (κ1) is 17.1. The lowest BCUT2D eigenvalue weighted by atomic mass is 10.2. The van der Waals surface area contributed by atoms with E-state index in [1.165, 1.54) is 7.11 Å². The molecule has 1 aliphatic rings. The number of hydrogen-bond donors (Lipinski definition) is 0. The molecule has 0 aliphatic carbocycles. The van der Waals surface area contributed by atoms with Gasteiger partial charge in [-0.15, -0.1) is 0 Å². The topological polar surface area (TPSA) is 113 Å². The maximum atomic E-state index is 12.2. The molecule has 2 aromatic rings. The van der Waals surface area contributed by atoms with Gasteiger partial charge in [0, 0.05) is 13.1 Å². The SMILES string of the molecule is CCOC(=O)c1c(-c2nc(OC)nc(N3CCOCC3)n2)noc1C. The molecular formula is C15H19N5O5. The van der Waals surface area contributed by atoms with Gasteiger partial charge in [-0.25, -0.2) is 4.79 Å². The Labute approximate surface area is 144 Å². The number of ether oxygens (including phenoxy) is 3. The fraction of sp³-hybridized carbons (Fsp3) is 0.533. The van der Waals surface area contributed by atoms with Crippen LogP contribution in [0.1, 0.15) is 23.0 Å². The van der Waals surface area contributed by atoms with Gasteiger partial charge >= 0.3 is 12.0 Å². The molecule has 2 aromatic heterocycles. The molecule has 0 unspecified atom stereocenters. The summed E-state index contributed by atoms with van der Waals surface area (Å²) in [4.78, 5) is 27.1. The predicted octanol–water partition coefficient (Wildman–Crippen LogP) is 0.857. The summed E-state index contributed by atoms with van der Waals surface area (Å²) in [5, 5.41) is 3.92. The Hall–Kier alpha value is -2.75. The molecule has 0 amide bonds. The summed E-state index contributed by atoms with van der Waals surface area (Å²) >= 11 is 0. The number of methoxy groups -OCH3 is 1. The molecule has 1 aliphatic heterocycles. The van der Waals surface area contributed by atoms with Gasteiger partial charge in [0.25, 0.3) is 0 Å². The molecule has 3 rings (SSSR count). The molecule has 134 valence electrons. The largest absolute Gasteiger partial charge is 0.467 e. The van der Waals surface area contributed by atoms with Gasteiger partial charge in [0.2, 0.25) is 5.95 Å². The van der Waals surface area contributed by atoms with E-state index in [2.05, 4.69) is 20.1 Å². The first-order valence-corrected chi connectivity index (χ1v) is 7.90. The molecule has 1 fully saturated rings. The summed E-state index contributed by atoms with van der Waals surface area (Å²) in [6.07, 6.45) is 0. The Bertz CT molecular complexity index is 757. The highest BCUT2D eigenvalue weighted by molar-refractivity contribution is 5.96. The number of aryl methyl sites for hydroxylation is 1. The molecule has 10 nitrogen and oxygen atoms in total. The number of rotatable bonds is 5. The van der Waals surface area contributed by atoms with Crippen LogP contribution in [0.2, 0.25) is 0 Å². The van der Waals surface area contributed by atoms with Crippen LogP contribution in [0.15, 0.2) is 4.52 Å². The van der Waals surface area contributed by atoms with Crippen LogP contribution < -0.4 is 9.64 Å². The van der Waals surface area contributed by atoms with Crippen molar-refractivity contribution in [3.8, 4) is 17.5 Å². The van der Waals surface area contributed by atoms with Crippen molar-refractivity contribution in [2.24, 2.45) is 0 Å². The van der Waals surface area contributed by atoms with Gasteiger partial charge in [0.05, 0.1) is 26.9 Å². The number of nitrogens with zero attached hydrogens (tertiary/aromatic N) is 5. The van der Waals surface area contributed by atoms with Gasteiger partial charge in [-0.1, -0.05) is 5.16 Å². The monoisotopic (exact) mass is 349 g/mol. The van der Waals surface area contributed by atoms with Gasteiger partial charge in [-0.3, -0.25) is 0 Å². The second-order valence-corrected chi connectivity index (χ2v) is 5.23. The van der Waals surface area contributed by atoms with Crippen LogP contribution in [0.3, 0.4) is 0 Å². The highest BCUT2D eigenvalue weighted by atomic mass is 16.5. The van der Waals surface area contributed by atoms with Crippen LogP contribution in [-0.4, -0.2) is 66.1 Å². The van der Waals surface area contributed by atoms with Crippen LogP contribution in [0.4, 0.5) is 5.95 Å². The predicted molar refractivity (Wildman–Crippen MR) is 85.6 cm³/mol. The molecule has 0 saturated carbocycles. The minimum atomic E-state index is -0.538. The maximum absolute atomic E-state index is 12.2. The van der Waals surface area contributed by atoms with E-state index in [0.29, 0.717) is 38.0 Å². The third-order valence-corrected chi connectivity index (χ3v) is 3.63. The molecular weight excluding hydrogens is 330 g/mol. The number of carbonyl (C=O) groups is 1. The summed E-state index contributed by atoms with van der Waals surface area (Å²) in [5.74, 6) is 0.415. The molecule has 1 saturated heterocycles. The lowest BCUT2D eigenvalue weighted by Crippen LogP contribution is -2.37. The van der Waals surface area contributed by atoms with Crippen molar-refractivity contribution >= 4 is 11.9 Å². The van der Waals surface area contributed by atoms with Crippen molar-refractivity contribution in [1.82, 2.24) is 20.1 Å². The van der Waals surface area contributed by atoms with Gasteiger partial charge in [0.1, 0.15) is 11.3 Å². The average molecular weight is 349 g/mol. The second kappa shape index (κ2) is 7.43. The summed E-state index contributed by atoms with van der Waals surface area (Å²) in [6.45, 7) is 6.06. The zero-order valence-electron chi connectivity index (χ0n) is 14.3. The normalized spacial score (nSPS) is 14.4. The molecule has 0 spiro atoms. The molecule has 10 heteroatoms. The lowest BCUT2D eigenvalue weighted by molar-refractivity contribution is 0.0525. The van der Waals surface area contributed by atoms with Crippen LogP contribution >= 0.6 is 0 Å². The minimum Gasteiger partial charge on any atom is -0.467 e. The molecule has 25 heavy (non-hydrogen) atoms. The van der Waals surface area contributed by atoms with E-state index in [-0.39, 0.29) is 29.7 Å². The molecule has 0 radical (unpaired) electrons. The van der Waals surface area contributed by atoms with Crippen molar-refractivity contribution in [2.75, 3.05) is 44.9 Å². The number of esters is 1. The Balaban J connectivity index is 2.03. The Morgan fingerprint density at radius 1 is 1.24 bits per heavy atom. The fourth-order valence-electron chi connectivity index (χ4n) is 2.42. The smallest absolute Gasteiger partial charge is 0.344 e. The fourth-order valence-corrected chi connectivity index (χ4v) is 2.42. The first-order valence-electron chi connectivity index (χ1n) is 7.90. The number of aromatic nitrogens is 4. The van der Waals surface area contributed by atoms with Crippen LogP contribution in [0, 0.1) is 6.92 Å². The number of morpholine rings is 1. The van der Waals surface area contributed by atoms with Crippen molar-refractivity contribution in [3.63, 3.8) is 0 Å². The summed E-state index contributed by atoms with van der Waals surface area (Å²) in [5.41, 5.74) is 0.397. The van der Waals surface area contributed by atoms with Crippen molar-refractivity contribution < 1.29 is 23.5 Å². The van der Waals surface area contributed by atoms with Gasteiger partial charge in [-0.05, 0) is 13.8 Å². The van der Waals surface area contributed by atoms with E-state index in [9.17, 15) is 4.79 Å². The van der Waals surface area contributed by atoms with Crippen LogP contribution in [0.5, 0.6) is 6.01 Å². The summed E-state index contributed by atoms with van der Waals surface area (Å²) < 4.78 is 20.7. The molecule has 0 aromatic carbocycles. The van der Waals surface area contributed by atoms with Gasteiger partial charge in [-0.2, -0.15) is 15.0 Å². The van der Waals surface area contributed by atoms with E-state index >= 15 is 0 Å². The van der Waals surface area contributed by atoms with E-state index in [0.717, 1.165) is 0 Å². The van der Waals surface area contributed by atoms with Gasteiger partial charge < -0.3 is 23.6 Å². The zero-order valence-corrected chi connectivity index (χ0v) is 14.3. The Morgan fingerprint density at radius 2 is 2.00 bits per heavy atom. The lowest BCUT2D eigenvalue weighted by Gasteiger charge is -2.26. The van der Waals surface area contributed by atoms with E-state index in [4.69, 9.17) is 18.7 Å². The Morgan fingerprint density at radius 3 is 2.68 bits per heavy atom. The van der Waals surface area contributed by atoms with Crippen LogP contribution in [0.25, 0.3) is 11.5 Å². The highest BCUT2D eigenvalue weighted by Crippen LogP contribution is 2.26. The highest BCUT2D eigenvalue weighted by Gasteiger charge is 2.26. The quantitative estimate of drug-likeness (QED) is 0.720. The third kappa shape index (κ3) is 3.53. The van der Waals surface area contributed by atoms with E-state index in [1.807, 2.05) is 4.90 Å². The van der Waals surface area contributed by atoms with E-state index in [1.54, 1.807) is 13.8 Å². The standard InChI is InChI=1S/C15H19N5O5/c1-4-24-13(21)10-9(2)25-19-11(10)12-16-14(18-15(17-12)22-3)20-5-7-23-8-6-20/h4-8H2,1-3H3. The summed E-state index contributed by atoms with van der Waals surface area (Å²) in [6, 6.07) is 0.127. The number of anilines is 1.